The molecule has 18 heavy (non-hydrogen) atoms. The molecule has 1 unspecified atom stereocenters. The molecule has 1 aliphatic rings. The molecule has 0 spiro atoms. The van der Waals surface area contributed by atoms with E-state index in [9.17, 15) is 4.39 Å². The number of hydrogen-bond donors (Lipinski definition) is 1. The quantitative estimate of drug-likeness (QED) is 0.929. The molecule has 0 saturated heterocycles. The van der Waals surface area contributed by atoms with Crippen molar-refractivity contribution in [1.82, 2.24) is 10.1 Å². The lowest BCUT2D eigenvalue weighted by Crippen LogP contribution is -2.15. The Morgan fingerprint density at radius 1 is 1.44 bits per heavy atom. The lowest BCUT2D eigenvalue weighted by atomic mass is 10.1. The van der Waals surface area contributed by atoms with Crippen LogP contribution in [0.1, 0.15) is 42.1 Å². The second kappa shape index (κ2) is 4.33. The van der Waals surface area contributed by atoms with Crippen molar-refractivity contribution in [2.75, 3.05) is 0 Å². The standard InChI is InChI=1S/C12H11ClFN3O/c13-8-3-1-2-7(9(8)14)10(15)11-16-12(18-17-11)6-4-5-6/h1-3,6,10H,4-5,15H2. The highest BCUT2D eigenvalue weighted by Gasteiger charge is 2.31. The maximum Gasteiger partial charge on any atom is 0.229 e. The van der Waals surface area contributed by atoms with Crippen LogP contribution in [-0.2, 0) is 0 Å². The van der Waals surface area contributed by atoms with E-state index in [2.05, 4.69) is 10.1 Å². The SMILES string of the molecule is NC(c1noc(C2CC2)n1)c1cccc(Cl)c1F. The average molecular weight is 268 g/mol. The second-order valence-electron chi connectivity index (χ2n) is 4.39. The molecule has 3 rings (SSSR count). The van der Waals surface area contributed by atoms with Gasteiger partial charge in [-0.15, -0.1) is 0 Å². The van der Waals surface area contributed by atoms with E-state index in [1.165, 1.54) is 6.07 Å². The van der Waals surface area contributed by atoms with Crippen LogP contribution in [-0.4, -0.2) is 10.1 Å². The van der Waals surface area contributed by atoms with Crippen molar-refractivity contribution in [3.05, 3.63) is 46.3 Å². The Bertz CT molecular complexity index is 582. The third kappa shape index (κ3) is 2.00. The highest BCUT2D eigenvalue weighted by atomic mass is 35.5. The molecule has 1 fully saturated rings. The van der Waals surface area contributed by atoms with Crippen LogP contribution >= 0.6 is 11.6 Å². The molecule has 1 aliphatic carbocycles. The fraction of sp³-hybridized carbons (Fsp3) is 0.333. The second-order valence-corrected chi connectivity index (χ2v) is 4.79. The summed E-state index contributed by atoms with van der Waals surface area (Å²) in [6.45, 7) is 0. The number of benzene rings is 1. The molecular weight excluding hydrogens is 257 g/mol. The van der Waals surface area contributed by atoms with E-state index < -0.39 is 11.9 Å². The molecule has 0 aliphatic heterocycles. The smallest absolute Gasteiger partial charge is 0.229 e. The topological polar surface area (TPSA) is 64.9 Å². The summed E-state index contributed by atoms with van der Waals surface area (Å²) in [4.78, 5) is 4.21. The van der Waals surface area contributed by atoms with Crippen molar-refractivity contribution in [3.8, 4) is 0 Å². The van der Waals surface area contributed by atoms with Gasteiger partial charge < -0.3 is 10.3 Å². The van der Waals surface area contributed by atoms with Crippen LogP contribution in [0.5, 0.6) is 0 Å². The largest absolute Gasteiger partial charge is 0.339 e. The van der Waals surface area contributed by atoms with Gasteiger partial charge in [-0.05, 0) is 18.9 Å². The molecule has 0 amide bonds. The summed E-state index contributed by atoms with van der Waals surface area (Å²) in [5.74, 6) is 0.688. The molecular formula is C12H11ClFN3O. The molecule has 4 nitrogen and oxygen atoms in total. The maximum atomic E-state index is 13.8. The first-order valence-electron chi connectivity index (χ1n) is 5.70. The third-order valence-corrected chi connectivity index (χ3v) is 3.27. The van der Waals surface area contributed by atoms with E-state index >= 15 is 0 Å². The van der Waals surface area contributed by atoms with Crippen molar-refractivity contribution < 1.29 is 8.91 Å². The van der Waals surface area contributed by atoms with Gasteiger partial charge in [-0.3, -0.25) is 0 Å². The molecule has 1 saturated carbocycles. The van der Waals surface area contributed by atoms with Crippen molar-refractivity contribution in [2.24, 2.45) is 5.73 Å². The van der Waals surface area contributed by atoms with Crippen LogP contribution in [0.4, 0.5) is 4.39 Å². The zero-order chi connectivity index (χ0) is 12.7. The number of halogens is 2. The first-order valence-corrected chi connectivity index (χ1v) is 6.07. The minimum Gasteiger partial charge on any atom is -0.339 e. The zero-order valence-electron chi connectivity index (χ0n) is 9.44. The molecule has 0 bridgehead atoms. The first-order chi connectivity index (χ1) is 8.66. The molecule has 2 N–H and O–H groups in total. The predicted molar refractivity (Wildman–Crippen MR) is 63.7 cm³/mol. The van der Waals surface area contributed by atoms with E-state index in [0.29, 0.717) is 11.8 Å². The first kappa shape index (κ1) is 11.6. The van der Waals surface area contributed by atoms with Crippen LogP contribution in [0.2, 0.25) is 5.02 Å². The Kier molecular flexibility index (Phi) is 2.80. The zero-order valence-corrected chi connectivity index (χ0v) is 10.2. The summed E-state index contributed by atoms with van der Waals surface area (Å²) in [5, 5.41) is 3.84. The van der Waals surface area contributed by atoms with Crippen LogP contribution < -0.4 is 5.73 Å². The highest BCUT2D eigenvalue weighted by Crippen LogP contribution is 2.39. The lowest BCUT2D eigenvalue weighted by molar-refractivity contribution is 0.372. The van der Waals surface area contributed by atoms with Crippen molar-refractivity contribution >= 4 is 11.6 Å². The van der Waals surface area contributed by atoms with E-state index in [0.717, 1.165) is 12.8 Å². The minimum absolute atomic E-state index is 0.0360. The molecule has 0 radical (unpaired) electrons. The van der Waals surface area contributed by atoms with Gasteiger partial charge in [0.2, 0.25) is 5.89 Å². The van der Waals surface area contributed by atoms with Crippen LogP contribution in [0, 0.1) is 5.82 Å². The van der Waals surface area contributed by atoms with Gasteiger partial charge >= 0.3 is 0 Å². The molecule has 2 aromatic rings. The van der Waals surface area contributed by atoms with Crippen LogP contribution in [0.25, 0.3) is 0 Å². The number of hydrogen-bond acceptors (Lipinski definition) is 4. The molecule has 1 heterocycles. The van der Waals surface area contributed by atoms with Crippen LogP contribution in [0.3, 0.4) is 0 Å². The summed E-state index contributed by atoms with van der Waals surface area (Å²) >= 11 is 5.72. The lowest BCUT2D eigenvalue weighted by Gasteiger charge is -2.09. The highest BCUT2D eigenvalue weighted by molar-refractivity contribution is 6.30. The summed E-state index contributed by atoms with van der Waals surface area (Å²) in [7, 11) is 0. The van der Waals surface area contributed by atoms with Gasteiger partial charge in [-0.2, -0.15) is 4.98 Å². The van der Waals surface area contributed by atoms with Gasteiger partial charge in [0.1, 0.15) is 5.82 Å². The number of nitrogens with two attached hydrogens (primary N) is 1. The van der Waals surface area contributed by atoms with Crippen LogP contribution in [0.15, 0.2) is 22.7 Å². The number of nitrogens with zero attached hydrogens (tertiary/aromatic N) is 2. The third-order valence-electron chi connectivity index (χ3n) is 2.98. The van der Waals surface area contributed by atoms with E-state index in [1.54, 1.807) is 12.1 Å². The van der Waals surface area contributed by atoms with E-state index in [4.69, 9.17) is 21.9 Å². The Hall–Kier alpha value is -1.46. The van der Waals surface area contributed by atoms with E-state index in [1.807, 2.05) is 0 Å². The van der Waals surface area contributed by atoms with Crippen molar-refractivity contribution in [1.29, 1.82) is 0 Å². The normalized spacial score (nSPS) is 16.8. The summed E-state index contributed by atoms with van der Waals surface area (Å²) < 4.78 is 18.9. The summed E-state index contributed by atoms with van der Waals surface area (Å²) in [6.07, 6.45) is 2.12. The summed E-state index contributed by atoms with van der Waals surface area (Å²) in [6, 6.07) is 3.92. The van der Waals surface area contributed by atoms with Gasteiger partial charge in [-0.25, -0.2) is 4.39 Å². The Morgan fingerprint density at radius 2 is 2.22 bits per heavy atom. The Balaban J connectivity index is 1.92. The Morgan fingerprint density at radius 3 is 2.94 bits per heavy atom. The fourth-order valence-corrected chi connectivity index (χ4v) is 1.95. The molecule has 94 valence electrons. The van der Waals surface area contributed by atoms with Gasteiger partial charge in [0.15, 0.2) is 5.82 Å². The predicted octanol–water partition coefficient (Wildman–Crippen LogP) is 2.79. The average Bonchev–Trinajstić information content (AvgIpc) is 3.10. The van der Waals surface area contributed by atoms with Gasteiger partial charge in [0.25, 0.3) is 0 Å². The minimum atomic E-state index is -0.764. The van der Waals surface area contributed by atoms with E-state index in [-0.39, 0.29) is 16.4 Å². The van der Waals surface area contributed by atoms with Gasteiger partial charge in [-0.1, -0.05) is 28.9 Å². The molecule has 1 aromatic heterocycles. The Labute approximate surface area is 108 Å². The maximum absolute atomic E-state index is 13.8. The molecule has 1 atom stereocenters. The van der Waals surface area contributed by atoms with Gasteiger partial charge in [0.05, 0.1) is 11.1 Å². The monoisotopic (exact) mass is 267 g/mol. The molecule has 6 heteroatoms. The molecule has 1 aromatic carbocycles. The van der Waals surface area contributed by atoms with Crippen molar-refractivity contribution in [2.45, 2.75) is 24.8 Å². The van der Waals surface area contributed by atoms with Crippen molar-refractivity contribution in [3.63, 3.8) is 0 Å². The number of aromatic nitrogens is 2. The number of rotatable bonds is 3. The van der Waals surface area contributed by atoms with Gasteiger partial charge in [0, 0.05) is 11.5 Å². The fourth-order valence-electron chi connectivity index (χ4n) is 1.77. The summed E-state index contributed by atoms with van der Waals surface area (Å²) in [5.41, 5.74) is 6.21.